The molecule has 0 atom stereocenters. The average molecular weight is 270 g/mol. The molecule has 2 fully saturated rings. The molecule has 1 aromatic rings. The molecule has 2 heterocycles. The van der Waals surface area contributed by atoms with Gasteiger partial charge in [-0.1, -0.05) is 11.3 Å². The van der Waals surface area contributed by atoms with E-state index in [9.17, 15) is 5.11 Å². The number of rotatable bonds is 2. The molecule has 0 unspecified atom stereocenters. The van der Waals surface area contributed by atoms with Crippen LogP contribution in [0.5, 0.6) is 0 Å². The largest absolute Gasteiger partial charge is 0.384 e. The molecule has 0 radical (unpaired) electrons. The second-order valence-electron chi connectivity index (χ2n) is 5.14. The number of ether oxygens (including phenoxy) is 2. The zero-order chi connectivity index (χ0) is 12.8. The van der Waals surface area contributed by atoms with E-state index in [4.69, 9.17) is 15.2 Å². The van der Waals surface area contributed by atoms with Gasteiger partial charge in [-0.25, -0.2) is 4.98 Å². The zero-order valence-corrected chi connectivity index (χ0v) is 11.2. The van der Waals surface area contributed by atoms with Crippen molar-refractivity contribution in [2.45, 2.75) is 50.8 Å². The molecule has 1 saturated carbocycles. The number of nitrogen functional groups attached to an aromatic ring is 1. The first kappa shape index (κ1) is 12.3. The summed E-state index contributed by atoms with van der Waals surface area (Å²) >= 11 is 1.38. The van der Waals surface area contributed by atoms with Crippen molar-refractivity contribution in [3.05, 3.63) is 11.1 Å². The topological polar surface area (TPSA) is 77.6 Å². The van der Waals surface area contributed by atoms with Crippen molar-refractivity contribution in [2.24, 2.45) is 5.92 Å². The normalized spacial score (nSPS) is 40.4. The Morgan fingerprint density at radius 2 is 2.11 bits per heavy atom. The quantitative estimate of drug-likeness (QED) is 0.857. The Kier molecular flexibility index (Phi) is 3.05. The van der Waals surface area contributed by atoms with E-state index in [0.717, 1.165) is 30.6 Å². The number of nitrogens with two attached hydrogens (primary N) is 1. The fraction of sp³-hybridized carbons (Fsp3) is 0.750. The monoisotopic (exact) mass is 270 g/mol. The van der Waals surface area contributed by atoms with Crippen LogP contribution < -0.4 is 5.73 Å². The molecule has 18 heavy (non-hydrogen) atoms. The van der Waals surface area contributed by atoms with Crippen molar-refractivity contribution in [1.29, 1.82) is 0 Å². The molecule has 0 amide bonds. The molecule has 0 spiro atoms. The Morgan fingerprint density at radius 3 is 2.61 bits per heavy atom. The van der Waals surface area contributed by atoms with Crippen LogP contribution in [-0.4, -0.2) is 22.7 Å². The minimum Gasteiger partial charge on any atom is -0.384 e. The Bertz CT molecular complexity index is 423. The number of thiazole rings is 1. The minimum absolute atomic E-state index is 0.0721. The molecular formula is C12H18N2O3S. The molecule has 0 bridgehead atoms. The highest BCUT2D eigenvalue weighted by Crippen LogP contribution is 2.44. The number of anilines is 1. The van der Waals surface area contributed by atoms with Crippen molar-refractivity contribution >= 4 is 16.5 Å². The summed E-state index contributed by atoms with van der Waals surface area (Å²) in [6, 6.07) is 0. The van der Waals surface area contributed by atoms with Gasteiger partial charge in [-0.05, 0) is 32.6 Å². The van der Waals surface area contributed by atoms with Gasteiger partial charge in [0.2, 0.25) is 0 Å². The Balaban J connectivity index is 1.62. The maximum atomic E-state index is 10.6. The molecule has 100 valence electrons. The third-order valence-electron chi connectivity index (χ3n) is 3.88. The van der Waals surface area contributed by atoms with Gasteiger partial charge in [0.1, 0.15) is 5.60 Å². The molecule has 1 aliphatic carbocycles. The molecule has 1 saturated heterocycles. The number of aliphatic hydroxyl groups is 1. The SMILES string of the molecule is CC1OC(C2CCC(O)(c3cnc(N)s3)CC2)O1. The lowest BCUT2D eigenvalue weighted by molar-refractivity contribution is -0.395. The fourth-order valence-electron chi connectivity index (χ4n) is 2.75. The van der Waals surface area contributed by atoms with Crippen LogP contribution in [0, 0.1) is 5.92 Å². The smallest absolute Gasteiger partial charge is 0.180 e. The van der Waals surface area contributed by atoms with E-state index in [1.807, 2.05) is 6.92 Å². The Morgan fingerprint density at radius 1 is 1.44 bits per heavy atom. The molecular weight excluding hydrogens is 252 g/mol. The van der Waals surface area contributed by atoms with Crippen LogP contribution in [0.1, 0.15) is 37.5 Å². The third-order valence-corrected chi connectivity index (χ3v) is 4.90. The van der Waals surface area contributed by atoms with Crippen LogP contribution in [0.3, 0.4) is 0 Å². The van der Waals surface area contributed by atoms with Gasteiger partial charge in [0, 0.05) is 12.1 Å². The Labute approximate surface area is 110 Å². The molecule has 5 nitrogen and oxygen atoms in total. The van der Waals surface area contributed by atoms with Crippen molar-refractivity contribution in [2.75, 3.05) is 5.73 Å². The summed E-state index contributed by atoms with van der Waals surface area (Å²) in [7, 11) is 0. The molecule has 1 aromatic heterocycles. The van der Waals surface area contributed by atoms with Crippen LogP contribution in [0.4, 0.5) is 5.13 Å². The second kappa shape index (κ2) is 4.45. The van der Waals surface area contributed by atoms with Crippen LogP contribution in [0.25, 0.3) is 0 Å². The second-order valence-corrected chi connectivity index (χ2v) is 6.20. The summed E-state index contributed by atoms with van der Waals surface area (Å²) in [6.07, 6.45) is 4.80. The van der Waals surface area contributed by atoms with Gasteiger partial charge in [-0.2, -0.15) is 0 Å². The molecule has 3 rings (SSSR count). The maximum Gasteiger partial charge on any atom is 0.180 e. The third kappa shape index (κ3) is 2.14. The summed E-state index contributed by atoms with van der Waals surface area (Å²) in [5.74, 6) is 0.395. The van der Waals surface area contributed by atoms with E-state index in [0.29, 0.717) is 11.0 Å². The fourth-order valence-corrected chi connectivity index (χ4v) is 3.58. The summed E-state index contributed by atoms with van der Waals surface area (Å²) < 4.78 is 11.0. The van der Waals surface area contributed by atoms with Crippen molar-refractivity contribution in [1.82, 2.24) is 4.98 Å². The molecule has 3 N–H and O–H groups in total. The standard InChI is InChI=1S/C12H18N2O3S/c1-7-16-10(17-7)8-2-4-12(15,5-3-8)9-6-14-11(13)18-9/h6-8,10,15H,2-5H2,1H3,(H2,13,14). The molecule has 2 aliphatic rings. The first-order chi connectivity index (χ1) is 8.57. The van der Waals surface area contributed by atoms with Crippen molar-refractivity contribution < 1.29 is 14.6 Å². The van der Waals surface area contributed by atoms with Crippen LogP contribution in [-0.2, 0) is 15.1 Å². The number of hydrogen-bond acceptors (Lipinski definition) is 6. The van der Waals surface area contributed by atoms with Gasteiger partial charge >= 0.3 is 0 Å². The lowest BCUT2D eigenvalue weighted by Gasteiger charge is -2.43. The van der Waals surface area contributed by atoms with Gasteiger partial charge in [0.05, 0.1) is 4.88 Å². The lowest BCUT2D eigenvalue weighted by Crippen LogP contribution is -2.46. The predicted octanol–water partition coefficient (Wildman–Crippen LogP) is 1.82. The maximum absolute atomic E-state index is 10.6. The van der Waals surface area contributed by atoms with E-state index in [1.54, 1.807) is 6.20 Å². The van der Waals surface area contributed by atoms with Crippen molar-refractivity contribution in [3.8, 4) is 0 Å². The average Bonchev–Trinajstić information content (AvgIpc) is 2.74. The summed E-state index contributed by atoms with van der Waals surface area (Å²) in [6.45, 7) is 1.90. The van der Waals surface area contributed by atoms with E-state index >= 15 is 0 Å². The van der Waals surface area contributed by atoms with Gasteiger partial charge in [-0.3, -0.25) is 0 Å². The highest BCUT2D eigenvalue weighted by Gasteiger charge is 2.42. The highest BCUT2D eigenvalue weighted by molar-refractivity contribution is 7.15. The van der Waals surface area contributed by atoms with Gasteiger partial charge in [0.15, 0.2) is 17.7 Å². The molecule has 6 heteroatoms. The molecule has 1 aliphatic heterocycles. The molecule has 0 aromatic carbocycles. The highest BCUT2D eigenvalue weighted by atomic mass is 32.1. The van der Waals surface area contributed by atoms with Gasteiger partial charge in [-0.15, -0.1) is 0 Å². The number of aromatic nitrogens is 1. The van der Waals surface area contributed by atoms with Gasteiger partial charge in [0.25, 0.3) is 0 Å². The number of nitrogens with zero attached hydrogens (tertiary/aromatic N) is 1. The summed E-state index contributed by atoms with van der Waals surface area (Å²) in [5.41, 5.74) is 4.86. The predicted molar refractivity (Wildman–Crippen MR) is 67.8 cm³/mol. The van der Waals surface area contributed by atoms with E-state index in [2.05, 4.69) is 4.98 Å². The van der Waals surface area contributed by atoms with Crippen LogP contribution in [0.2, 0.25) is 0 Å². The van der Waals surface area contributed by atoms with Crippen LogP contribution in [0.15, 0.2) is 6.20 Å². The first-order valence-electron chi connectivity index (χ1n) is 6.32. The van der Waals surface area contributed by atoms with E-state index in [-0.39, 0.29) is 12.6 Å². The van der Waals surface area contributed by atoms with Crippen LogP contribution >= 0.6 is 11.3 Å². The number of hydrogen-bond donors (Lipinski definition) is 2. The van der Waals surface area contributed by atoms with Crippen molar-refractivity contribution in [3.63, 3.8) is 0 Å². The zero-order valence-electron chi connectivity index (χ0n) is 10.3. The summed E-state index contributed by atoms with van der Waals surface area (Å²) in [4.78, 5) is 4.89. The van der Waals surface area contributed by atoms with Gasteiger partial charge < -0.3 is 20.3 Å². The minimum atomic E-state index is -0.763. The first-order valence-corrected chi connectivity index (χ1v) is 7.13. The summed E-state index contributed by atoms with van der Waals surface area (Å²) in [5, 5.41) is 11.1. The Hall–Kier alpha value is -0.690. The lowest BCUT2D eigenvalue weighted by atomic mass is 9.77. The van der Waals surface area contributed by atoms with E-state index < -0.39 is 5.60 Å². The van der Waals surface area contributed by atoms with E-state index in [1.165, 1.54) is 11.3 Å².